The molecule has 2 N–H and O–H groups in total. The molecule has 0 radical (unpaired) electrons. The van der Waals surface area contributed by atoms with Crippen molar-refractivity contribution in [2.24, 2.45) is 7.05 Å². The highest BCUT2D eigenvalue weighted by atomic mass is 32.2. The summed E-state index contributed by atoms with van der Waals surface area (Å²) in [5.74, 6) is -1.10. The summed E-state index contributed by atoms with van der Waals surface area (Å²) < 4.78 is 29.0. The number of nitrogens with one attached hydrogen (secondary N) is 1. The monoisotopic (exact) mass is 462 g/mol. The number of sulfonamides is 1. The largest absolute Gasteiger partial charge is 0.477 e. The summed E-state index contributed by atoms with van der Waals surface area (Å²) in [6.07, 6.45) is 0.948. The molecule has 33 heavy (non-hydrogen) atoms. The van der Waals surface area contributed by atoms with Crippen LogP contribution in [0.15, 0.2) is 53.4 Å². The van der Waals surface area contributed by atoms with Crippen molar-refractivity contribution in [2.75, 3.05) is 6.54 Å². The van der Waals surface area contributed by atoms with E-state index in [0.29, 0.717) is 35.3 Å². The first kappa shape index (κ1) is 23.7. The highest BCUT2D eigenvalue weighted by Crippen LogP contribution is 2.39. The van der Waals surface area contributed by atoms with Gasteiger partial charge in [-0.2, -0.15) is 0 Å². The molecule has 3 rings (SSSR count). The van der Waals surface area contributed by atoms with Gasteiger partial charge in [0.1, 0.15) is 5.69 Å². The first-order valence-corrected chi connectivity index (χ1v) is 11.6. The Kier molecular flexibility index (Phi) is 6.98. The SMILES string of the molecule is [C-]#[N+]c1cccc(S(=O)(=O)NCCc2ccc(-c3c([N+]#[C-])c(CC)n(C)c3C(=O)O)cc2)c1. The maximum Gasteiger partial charge on any atom is 0.351 e. The molecule has 0 aliphatic rings. The van der Waals surface area contributed by atoms with Gasteiger partial charge in [-0.05, 0) is 36.1 Å². The fraction of sp³-hybridized carbons (Fsp3) is 0.208. The lowest BCUT2D eigenvalue weighted by Crippen LogP contribution is -2.25. The van der Waals surface area contributed by atoms with E-state index in [-0.39, 0.29) is 22.8 Å². The van der Waals surface area contributed by atoms with Crippen molar-refractivity contribution in [1.29, 1.82) is 0 Å². The fourth-order valence-corrected chi connectivity index (χ4v) is 4.81. The molecule has 0 fully saturated rings. The molecule has 9 heteroatoms. The van der Waals surface area contributed by atoms with Gasteiger partial charge in [-0.15, -0.1) is 0 Å². The van der Waals surface area contributed by atoms with E-state index in [1.807, 2.05) is 6.92 Å². The molecule has 0 aliphatic heterocycles. The van der Waals surface area contributed by atoms with E-state index in [4.69, 9.17) is 13.1 Å². The summed E-state index contributed by atoms with van der Waals surface area (Å²) in [5, 5.41) is 9.71. The highest BCUT2D eigenvalue weighted by molar-refractivity contribution is 7.89. The minimum Gasteiger partial charge on any atom is -0.477 e. The zero-order valence-electron chi connectivity index (χ0n) is 18.2. The molecule has 168 valence electrons. The van der Waals surface area contributed by atoms with Crippen molar-refractivity contribution in [3.05, 3.63) is 88.3 Å². The number of aromatic carboxylic acids is 1. The zero-order valence-corrected chi connectivity index (χ0v) is 19.0. The lowest BCUT2D eigenvalue weighted by Gasteiger charge is -2.09. The van der Waals surface area contributed by atoms with Gasteiger partial charge in [-0.1, -0.05) is 43.3 Å². The Morgan fingerprint density at radius 2 is 1.82 bits per heavy atom. The van der Waals surface area contributed by atoms with Crippen LogP contribution in [0.4, 0.5) is 11.4 Å². The van der Waals surface area contributed by atoms with Crippen LogP contribution in [0.2, 0.25) is 0 Å². The Morgan fingerprint density at radius 3 is 2.39 bits per heavy atom. The van der Waals surface area contributed by atoms with Gasteiger partial charge in [-0.3, -0.25) is 0 Å². The number of carbonyl (C=O) groups is 1. The van der Waals surface area contributed by atoms with E-state index in [1.54, 1.807) is 41.9 Å². The van der Waals surface area contributed by atoms with Crippen LogP contribution in [0.1, 0.15) is 28.7 Å². The van der Waals surface area contributed by atoms with Crippen molar-refractivity contribution in [2.45, 2.75) is 24.7 Å². The standard InChI is InChI=1S/C24H22N4O4S/c1-5-20-22(26-3)21(23(24(29)30)28(20)4)17-11-9-16(10-12-17)13-14-27-33(31,32)19-8-6-7-18(15-19)25-2/h6-12,15,27H,5,13-14H2,1,4H3,(H,29,30). The van der Waals surface area contributed by atoms with Gasteiger partial charge < -0.3 is 9.67 Å². The lowest BCUT2D eigenvalue weighted by atomic mass is 10.0. The second kappa shape index (κ2) is 9.70. The molecular formula is C24H22N4O4S. The summed E-state index contributed by atoms with van der Waals surface area (Å²) in [6, 6.07) is 12.9. The molecule has 0 unspecified atom stereocenters. The van der Waals surface area contributed by atoms with Crippen LogP contribution in [0, 0.1) is 13.1 Å². The van der Waals surface area contributed by atoms with Crippen LogP contribution in [0.25, 0.3) is 20.8 Å². The van der Waals surface area contributed by atoms with E-state index < -0.39 is 16.0 Å². The molecule has 0 spiro atoms. The summed E-state index contributed by atoms with van der Waals surface area (Å²) in [4.78, 5) is 18.7. The molecule has 3 aromatic rings. The maximum absolute atomic E-state index is 12.5. The van der Waals surface area contributed by atoms with Gasteiger partial charge in [0.05, 0.1) is 18.0 Å². The molecule has 0 amide bonds. The van der Waals surface area contributed by atoms with Gasteiger partial charge >= 0.3 is 5.97 Å². The van der Waals surface area contributed by atoms with Crippen molar-refractivity contribution < 1.29 is 18.3 Å². The second-order valence-electron chi connectivity index (χ2n) is 7.30. The Labute approximate surface area is 192 Å². The van der Waals surface area contributed by atoms with Crippen LogP contribution < -0.4 is 4.72 Å². The predicted octanol–water partition coefficient (Wildman–Crippen LogP) is 4.58. The topological polar surface area (TPSA) is 97.1 Å². The zero-order chi connectivity index (χ0) is 24.2. The first-order valence-electron chi connectivity index (χ1n) is 10.1. The van der Waals surface area contributed by atoms with Gasteiger partial charge in [0.2, 0.25) is 15.7 Å². The Balaban J connectivity index is 1.79. The number of carboxylic acid groups (broad SMARTS) is 1. The van der Waals surface area contributed by atoms with Crippen LogP contribution in [0.3, 0.4) is 0 Å². The third-order valence-electron chi connectivity index (χ3n) is 5.34. The Hall–Kier alpha value is -3.92. The van der Waals surface area contributed by atoms with E-state index >= 15 is 0 Å². The van der Waals surface area contributed by atoms with E-state index in [1.165, 1.54) is 18.2 Å². The van der Waals surface area contributed by atoms with Crippen molar-refractivity contribution in [3.63, 3.8) is 0 Å². The lowest BCUT2D eigenvalue weighted by molar-refractivity contribution is 0.0687. The number of benzene rings is 2. The van der Waals surface area contributed by atoms with Crippen LogP contribution in [-0.4, -0.2) is 30.6 Å². The second-order valence-corrected chi connectivity index (χ2v) is 9.07. The molecule has 2 aromatic carbocycles. The average molecular weight is 463 g/mol. The van der Waals surface area contributed by atoms with Crippen molar-refractivity contribution >= 4 is 27.4 Å². The summed E-state index contributed by atoms with van der Waals surface area (Å²) in [5.41, 5.74) is 3.18. The Bertz CT molecular complexity index is 1390. The van der Waals surface area contributed by atoms with Gasteiger partial charge in [-0.25, -0.2) is 27.6 Å². The number of aromatic nitrogens is 1. The maximum atomic E-state index is 12.5. The number of rotatable bonds is 8. The minimum atomic E-state index is -3.74. The Morgan fingerprint density at radius 1 is 1.12 bits per heavy atom. The minimum absolute atomic E-state index is 0.0371. The van der Waals surface area contributed by atoms with Crippen LogP contribution in [0.5, 0.6) is 0 Å². The van der Waals surface area contributed by atoms with E-state index in [2.05, 4.69) is 14.4 Å². The molecule has 1 aromatic heterocycles. The van der Waals surface area contributed by atoms with E-state index in [0.717, 1.165) is 5.56 Å². The molecule has 0 aliphatic carbocycles. The number of hydrogen-bond donors (Lipinski definition) is 2. The predicted molar refractivity (Wildman–Crippen MR) is 125 cm³/mol. The third kappa shape index (κ3) is 4.80. The van der Waals surface area contributed by atoms with Crippen LogP contribution >= 0.6 is 0 Å². The number of carboxylic acids is 1. The van der Waals surface area contributed by atoms with Gasteiger partial charge in [0.25, 0.3) is 0 Å². The molecular weight excluding hydrogens is 440 g/mol. The summed E-state index contributed by atoms with van der Waals surface area (Å²) in [7, 11) is -2.09. The molecule has 8 nitrogen and oxygen atoms in total. The van der Waals surface area contributed by atoms with E-state index in [9.17, 15) is 18.3 Å². The van der Waals surface area contributed by atoms with Crippen molar-refractivity contribution in [1.82, 2.24) is 9.29 Å². The first-order chi connectivity index (χ1) is 15.7. The van der Waals surface area contributed by atoms with Gasteiger partial charge in [0, 0.05) is 24.8 Å². The average Bonchev–Trinajstić information content (AvgIpc) is 3.10. The molecule has 0 saturated carbocycles. The highest BCUT2D eigenvalue weighted by Gasteiger charge is 2.25. The smallest absolute Gasteiger partial charge is 0.351 e. The summed E-state index contributed by atoms with van der Waals surface area (Å²) in [6.45, 7) is 16.6. The molecule has 0 saturated heterocycles. The third-order valence-corrected chi connectivity index (χ3v) is 6.80. The normalized spacial score (nSPS) is 11.0. The van der Waals surface area contributed by atoms with Gasteiger partial charge in [0.15, 0.2) is 5.69 Å². The molecule has 0 bridgehead atoms. The quantitative estimate of drug-likeness (QED) is 0.479. The number of nitrogens with zero attached hydrogens (tertiary/aromatic N) is 3. The van der Waals surface area contributed by atoms with Crippen LogP contribution in [-0.2, 0) is 29.9 Å². The molecule has 1 heterocycles. The number of hydrogen-bond acceptors (Lipinski definition) is 3. The molecule has 0 atom stereocenters. The fourth-order valence-electron chi connectivity index (χ4n) is 3.74. The summed E-state index contributed by atoms with van der Waals surface area (Å²) >= 11 is 0. The van der Waals surface area contributed by atoms with Crippen molar-refractivity contribution in [3.8, 4) is 11.1 Å².